The number of likely N-dealkylation sites (tertiary alicyclic amines) is 1. The highest BCUT2D eigenvalue weighted by atomic mass is 16.2. The second kappa shape index (κ2) is 9.33. The van der Waals surface area contributed by atoms with Crippen molar-refractivity contribution in [1.82, 2.24) is 15.5 Å². The van der Waals surface area contributed by atoms with E-state index in [0.717, 1.165) is 25.5 Å². The molecule has 1 saturated carbocycles. The Kier molecular flexibility index (Phi) is 6.36. The number of carbonyl (C=O) groups is 1. The van der Waals surface area contributed by atoms with E-state index >= 15 is 0 Å². The zero-order valence-corrected chi connectivity index (χ0v) is 17.9. The maximum atomic E-state index is 11.9. The first-order valence-corrected chi connectivity index (χ1v) is 11.0. The summed E-state index contributed by atoms with van der Waals surface area (Å²) in [4.78, 5) is 18.3. The number of hydrogen-bond donors (Lipinski definition) is 2. The smallest absolute Gasteiger partial charge is 0.222 e. The molecule has 1 saturated heterocycles. The lowest BCUT2D eigenvalue weighted by molar-refractivity contribution is -0.128. The molecule has 1 aliphatic carbocycles. The van der Waals surface area contributed by atoms with Gasteiger partial charge >= 0.3 is 0 Å². The molecule has 2 aliphatic rings. The minimum Gasteiger partial charge on any atom is -0.356 e. The monoisotopic (exact) mass is 404 g/mol. The molecule has 5 heteroatoms. The number of guanidine groups is 1. The topological polar surface area (TPSA) is 56.7 Å². The minimum atomic E-state index is 0.223. The second-order valence-electron chi connectivity index (χ2n) is 8.52. The molecule has 0 radical (unpaired) electrons. The van der Waals surface area contributed by atoms with Gasteiger partial charge in [-0.1, -0.05) is 61.0 Å². The van der Waals surface area contributed by atoms with Gasteiger partial charge in [0.05, 0.1) is 0 Å². The van der Waals surface area contributed by atoms with Crippen molar-refractivity contribution in [2.75, 3.05) is 20.1 Å². The molecule has 30 heavy (non-hydrogen) atoms. The summed E-state index contributed by atoms with van der Waals surface area (Å²) in [6.07, 6.45) is 5.39. The third-order valence-electron chi connectivity index (χ3n) is 6.51. The Bertz CT molecular complexity index is 889. The highest BCUT2D eigenvalue weighted by molar-refractivity contribution is 5.80. The van der Waals surface area contributed by atoms with Gasteiger partial charge in [-0.15, -0.1) is 0 Å². The number of amides is 1. The van der Waals surface area contributed by atoms with Crippen molar-refractivity contribution in [2.45, 2.75) is 50.6 Å². The van der Waals surface area contributed by atoms with Gasteiger partial charge in [0, 0.05) is 45.1 Å². The fourth-order valence-corrected chi connectivity index (χ4v) is 4.55. The fourth-order valence-electron chi connectivity index (χ4n) is 4.55. The van der Waals surface area contributed by atoms with E-state index in [1.165, 1.54) is 36.0 Å². The van der Waals surface area contributed by atoms with E-state index in [2.05, 4.69) is 70.2 Å². The Balaban J connectivity index is 1.31. The Morgan fingerprint density at radius 2 is 1.83 bits per heavy atom. The largest absolute Gasteiger partial charge is 0.356 e. The van der Waals surface area contributed by atoms with Crippen LogP contribution in [0.1, 0.15) is 48.8 Å². The molecule has 5 nitrogen and oxygen atoms in total. The number of nitrogens with one attached hydrogen (secondary N) is 2. The summed E-state index contributed by atoms with van der Waals surface area (Å²) < 4.78 is 0. The molecular weight excluding hydrogens is 372 g/mol. The van der Waals surface area contributed by atoms with Crippen molar-refractivity contribution in [3.8, 4) is 0 Å². The predicted molar refractivity (Wildman–Crippen MR) is 121 cm³/mol. The number of hydrogen-bond acceptors (Lipinski definition) is 2. The van der Waals surface area contributed by atoms with Crippen LogP contribution in [0.4, 0.5) is 0 Å². The maximum absolute atomic E-state index is 11.9. The third kappa shape index (κ3) is 4.66. The van der Waals surface area contributed by atoms with Gasteiger partial charge in [0.1, 0.15) is 0 Å². The maximum Gasteiger partial charge on any atom is 0.222 e. The molecule has 1 heterocycles. The summed E-state index contributed by atoms with van der Waals surface area (Å²) in [5.41, 5.74) is 4.03. The molecule has 0 unspecified atom stereocenters. The average Bonchev–Trinajstić information content (AvgIpc) is 3.15. The lowest BCUT2D eigenvalue weighted by Crippen LogP contribution is -2.48. The quantitative estimate of drug-likeness (QED) is 0.548. The van der Waals surface area contributed by atoms with Gasteiger partial charge in [0.25, 0.3) is 0 Å². The zero-order valence-electron chi connectivity index (χ0n) is 17.9. The first-order chi connectivity index (χ1) is 14.7. The molecule has 158 valence electrons. The van der Waals surface area contributed by atoms with Gasteiger partial charge in [-0.2, -0.15) is 0 Å². The molecule has 4 rings (SSSR count). The Morgan fingerprint density at radius 3 is 2.50 bits per heavy atom. The van der Waals surface area contributed by atoms with Crippen LogP contribution >= 0.6 is 0 Å². The number of carbonyl (C=O) groups excluding carboxylic acids is 1. The van der Waals surface area contributed by atoms with Crippen molar-refractivity contribution in [3.05, 3.63) is 71.3 Å². The highest BCUT2D eigenvalue weighted by Crippen LogP contribution is 2.43. The average molecular weight is 405 g/mol. The van der Waals surface area contributed by atoms with Gasteiger partial charge in [0.15, 0.2) is 5.96 Å². The van der Waals surface area contributed by atoms with Crippen LogP contribution in [0, 0.1) is 0 Å². The summed E-state index contributed by atoms with van der Waals surface area (Å²) in [7, 11) is 1.82. The van der Waals surface area contributed by atoms with Gasteiger partial charge in [0.2, 0.25) is 5.91 Å². The Morgan fingerprint density at radius 1 is 1.03 bits per heavy atom. The van der Waals surface area contributed by atoms with E-state index in [1.54, 1.807) is 0 Å². The van der Waals surface area contributed by atoms with Crippen molar-refractivity contribution < 1.29 is 4.79 Å². The highest BCUT2D eigenvalue weighted by Gasteiger charge is 2.38. The third-order valence-corrected chi connectivity index (χ3v) is 6.51. The summed E-state index contributed by atoms with van der Waals surface area (Å²) in [5, 5.41) is 6.99. The predicted octanol–water partition coefficient (Wildman–Crippen LogP) is 3.60. The van der Waals surface area contributed by atoms with Crippen LogP contribution in [0.15, 0.2) is 59.6 Å². The molecule has 2 aromatic carbocycles. The summed E-state index contributed by atoms with van der Waals surface area (Å²) in [6, 6.07) is 19.3. The van der Waals surface area contributed by atoms with Crippen molar-refractivity contribution in [1.29, 1.82) is 0 Å². The van der Waals surface area contributed by atoms with E-state index in [4.69, 9.17) is 0 Å². The van der Waals surface area contributed by atoms with Gasteiger partial charge < -0.3 is 15.5 Å². The Labute approximate surface area is 179 Å². The molecule has 0 atom stereocenters. The zero-order chi connectivity index (χ0) is 20.8. The van der Waals surface area contributed by atoms with E-state index in [-0.39, 0.29) is 11.3 Å². The SMILES string of the molecule is CN=C(NCc1cccc(CN2CCCC2=O)c1)NCC1(c2ccccc2)CCC1. The molecule has 1 amide bonds. The van der Waals surface area contributed by atoms with Crippen LogP contribution in [-0.4, -0.2) is 36.9 Å². The summed E-state index contributed by atoms with van der Waals surface area (Å²) in [5.74, 6) is 1.10. The molecule has 0 spiro atoms. The molecular formula is C25H32N4O. The van der Waals surface area contributed by atoms with Crippen molar-refractivity contribution >= 4 is 11.9 Å². The number of benzene rings is 2. The van der Waals surface area contributed by atoms with Crippen molar-refractivity contribution in [2.24, 2.45) is 4.99 Å². The molecule has 0 aromatic heterocycles. The van der Waals surface area contributed by atoms with Gasteiger partial charge in [-0.25, -0.2) is 0 Å². The first kappa shape index (κ1) is 20.5. The summed E-state index contributed by atoms with van der Waals surface area (Å²) >= 11 is 0. The number of rotatable bonds is 7. The Hall–Kier alpha value is -2.82. The molecule has 2 fully saturated rings. The van der Waals surface area contributed by atoms with Gasteiger partial charge in [-0.3, -0.25) is 9.79 Å². The van der Waals surface area contributed by atoms with Gasteiger partial charge in [-0.05, 0) is 36.0 Å². The van der Waals surface area contributed by atoms with Crippen LogP contribution in [0.5, 0.6) is 0 Å². The standard InChI is InChI=1S/C25H32N4O/c1-26-24(28-19-25(13-7-14-25)22-10-3-2-4-11-22)27-17-20-8-5-9-21(16-20)18-29-15-6-12-23(29)30/h2-5,8-11,16H,6-7,12-15,17-19H2,1H3,(H2,26,27,28). The van der Waals surface area contributed by atoms with Crippen LogP contribution in [0.3, 0.4) is 0 Å². The lowest BCUT2D eigenvalue weighted by atomic mass is 9.64. The van der Waals surface area contributed by atoms with E-state index in [9.17, 15) is 4.79 Å². The lowest BCUT2D eigenvalue weighted by Gasteiger charge is -2.43. The number of nitrogens with zero attached hydrogens (tertiary/aromatic N) is 2. The first-order valence-electron chi connectivity index (χ1n) is 11.0. The van der Waals surface area contributed by atoms with Crippen LogP contribution in [-0.2, 0) is 23.3 Å². The number of aliphatic imine (C=N–C) groups is 1. The minimum absolute atomic E-state index is 0.223. The fraction of sp³-hybridized carbons (Fsp3) is 0.440. The van der Waals surface area contributed by atoms with E-state index < -0.39 is 0 Å². The van der Waals surface area contributed by atoms with E-state index in [1.807, 2.05) is 11.9 Å². The molecule has 0 bridgehead atoms. The van der Waals surface area contributed by atoms with Crippen LogP contribution in [0.2, 0.25) is 0 Å². The molecule has 1 aliphatic heterocycles. The van der Waals surface area contributed by atoms with Crippen molar-refractivity contribution in [3.63, 3.8) is 0 Å². The van der Waals surface area contributed by atoms with E-state index in [0.29, 0.717) is 19.5 Å². The molecule has 2 N–H and O–H groups in total. The van der Waals surface area contributed by atoms with Crippen LogP contribution in [0.25, 0.3) is 0 Å². The second-order valence-corrected chi connectivity index (χ2v) is 8.52. The normalized spacial score (nSPS) is 18.2. The summed E-state index contributed by atoms with van der Waals surface area (Å²) in [6.45, 7) is 3.19. The van der Waals surface area contributed by atoms with Crippen LogP contribution < -0.4 is 10.6 Å². The molecule has 2 aromatic rings.